The van der Waals surface area contributed by atoms with E-state index in [4.69, 9.17) is 4.42 Å². The third-order valence-corrected chi connectivity index (χ3v) is 2.93. The van der Waals surface area contributed by atoms with Gasteiger partial charge in [-0.1, -0.05) is 13.8 Å². The molecule has 1 aliphatic carbocycles. The zero-order chi connectivity index (χ0) is 11.5. The van der Waals surface area contributed by atoms with Crippen molar-refractivity contribution >= 4 is 5.91 Å². The summed E-state index contributed by atoms with van der Waals surface area (Å²) >= 11 is 0. The lowest BCUT2D eigenvalue weighted by atomic mass is 10.1. The van der Waals surface area contributed by atoms with Gasteiger partial charge in [0.25, 0.3) is 5.91 Å². The van der Waals surface area contributed by atoms with Gasteiger partial charge >= 0.3 is 0 Å². The Labute approximate surface area is 96.4 Å². The minimum absolute atomic E-state index is 0.0492. The summed E-state index contributed by atoms with van der Waals surface area (Å²) in [6, 6.07) is 3.96. The van der Waals surface area contributed by atoms with Gasteiger partial charge in [0.05, 0.1) is 6.26 Å². The minimum atomic E-state index is 0.0492. The maximum absolute atomic E-state index is 12.1. The number of carbonyl (C=O) groups excluding carboxylic acids is 1. The first-order valence-corrected chi connectivity index (χ1v) is 6.03. The Hall–Kier alpha value is -1.25. The third kappa shape index (κ3) is 2.65. The quantitative estimate of drug-likeness (QED) is 0.766. The Morgan fingerprint density at radius 1 is 1.56 bits per heavy atom. The molecule has 1 fully saturated rings. The highest BCUT2D eigenvalue weighted by Crippen LogP contribution is 2.28. The van der Waals surface area contributed by atoms with Gasteiger partial charge in [-0.05, 0) is 37.3 Å². The Kier molecular flexibility index (Phi) is 3.32. The first-order valence-electron chi connectivity index (χ1n) is 6.03. The number of carbonyl (C=O) groups is 1. The topological polar surface area (TPSA) is 33.5 Å². The van der Waals surface area contributed by atoms with Gasteiger partial charge < -0.3 is 9.32 Å². The van der Waals surface area contributed by atoms with Crippen LogP contribution in [-0.2, 0) is 0 Å². The molecule has 88 valence electrons. The molecule has 1 aromatic rings. The Morgan fingerprint density at radius 2 is 2.31 bits per heavy atom. The van der Waals surface area contributed by atoms with Gasteiger partial charge in [0, 0.05) is 12.6 Å². The summed E-state index contributed by atoms with van der Waals surface area (Å²) in [6.07, 6.45) is 4.90. The van der Waals surface area contributed by atoms with Crippen LogP contribution in [0.25, 0.3) is 0 Å². The van der Waals surface area contributed by atoms with Gasteiger partial charge in [-0.15, -0.1) is 0 Å². The number of hydrogen-bond donors (Lipinski definition) is 0. The van der Waals surface area contributed by atoms with E-state index in [0.717, 1.165) is 25.8 Å². The van der Waals surface area contributed by atoms with Crippen LogP contribution in [0.2, 0.25) is 0 Å². The van der Waals surface area contributed by atoms with E-state index in [0.29, 0.717) is 17.7 Å². The molecule has 1 amide bonds. The van der Waals surface area contributed by atoms with Crippen LogP contribution in [0.5, 0.6) is 0 Å². The van der Waals surface area contributed by atoms with Crippen molar-refractivity contribution in [2.24, 2.45) is 5.92 Å². The van der Waals surface area contributed by atoms with Crippen LogP contribution in [0.15, 0.2) is 22.8 Å². The summed E-state index contributed by atoms with van der Waals surface area (Å²) in [6.45, 7) is 5.22. The zero-order valence-electron chi connectivity index (χ0n) is 9.98. The van der Waals surface area contributed by atoms with Crippen LogP contribution in [0.4, 0.5) is 0 Å². The van der Waals surface area contributed by atoms with Gasteiger partial charge in [-0.2, -0.15) is 0 Å². The molecular weight excluding hydrogens is 202 g/mol. The fraction of sp³-hybridized carbons (Fsp3) is 0.615. The lowest BCUT2D eigenvalue weighted by molar-refractivity contribution is 0.0703. The largest absolute Gasteiger partial charge is 0.459 e. The summed E-state index contributed by atoms with van der Waals surface area (Å²) in [5.41, 5.74) is 0. The maximum Gasteiger partial charge on any atom is 0.289 e. The lowest BCUT2D eigenvalue weighted by Crippen LogP contribution is -2.34. The molecule has 3 heteroatoms. The van der Waals surface area contributed by atoms with E-state index in [9.17, 15) is 4.79 Å². The van der Waals surface area contributed by atoms with Crippen molar-refractivity contribution in [3.8, 4) is 0 Å². The highest BCUT2D eigenvalue weighted by atomic mass is 16.3. The average molecular weight is 221 g/mol. The number of nitrogens with zero attached hydrogens (tertiary/aromatic N) is 1. The van der Waals surface area contributed by atoms with Gasteiger partial charge in [-0.3, -0.25) is 4.79 Å². The summed E-state index contributed by atoms with van der Waals surface area (Å²) in [4.78, 5) is 14.1. The molecule has 16 heavy (non-hydrogen) atoms. The molecule has 1 saturated carbocycles. The van der Waals surface area contributed by atoms with Gasteiger partial charge in [-0.25, -0.2) is 0 Å². The second-order valence-electron chi connectivity index (χ2n) is 4.89. The first-order chi connectivity index (χ1) is 7.68. The molecule has 3 nitrogen and oxygen atoms in total. The Balaban J connectivity index is 1.99. The molecule has 0 unspecified atom stereocenters. The smallest absolute Gasteiger partial charge is 0.289 e. The molecule has 0 spiro atoms. The highest BCUT2D eigenvalue weighted by Gasteiger charge is 2.33. The lowest BCUT2D eigenvalue weighted by Gasteiger charge is -2.22. The van der Waals surface area contributed by atoms with Crippen LogP contribution < -0.4 is 0 Å². The SMILES string of the molecule is CC(C)CCN(C(=O)c1ccco1)C1CC1. The normalized spacial score (nSPS) is 15.4. The zero-order valence-corrected chi connectivity index (χ0v) is 9.98. The van der Waals surface area contributed by atoms with Crippen LogP contribution in [0, 0.1) is 5.92 Å². The second-order valence-corrected chi connectivity index (χ2v) is 4.89. The van der Waals surface area contributed by atoms with E-state index in [2.05, 4.69) is 13.8 Å². The molecule has 0 radical (unpaired) electrons. The van der Waals surface area contributed by atoms with Crippen LogP contribution in [0.3, 0.4) is 0 Å². The molecule has 0 bridgehead atoms. The molecule has 0 aliphatic heterocycles. The predicted octanol–water partition coefficient (Wildman–Crippen LogP) is 2.93. The fourth-order valence-electron chi connectivity index (χ4n) is 1.78. The van der Waals surface area contributed by atoms with Crippen molar-refractivity contribution in [2.45, 2.75) is 39.2 Å². The van der Waals surface area contributed by atoms with E-state index in [1.807, 2.05) is 4.90 Å². The molecule has 0 atom stereocenters. The number of amides is 1. The first kappa shape index (κ1) is 11.2. The summed E-state index contributed by atoms with van der Waals surface area (Å²) in [5, 5.41) is 0. The van der Waals surface area contributed by atoms with Crippen LogP contribution >= 0.6 is 0 Å². The highest BCUT2D eigenvalue weighted by molar-refractivity contribution is 5.91. The molecule has 0 saturated heterocycles. The summed E-state index contributed by atoms with van der Waals surface area (Å²) < 4.78 is 5.17. The van der Waals surface area contributed by atoms with Gasteiger partial charge in [0.1, 0.15) is 0 Å². The van der Waals surface area contributed by atoms with Crippen molar-refractivity contribution in [1.82, 2.24) is 4.90 Å². The van der Waals surface area contributed by atoms with Crippen molar-refractivity contribution in [3.63, 3.8) is 0 Å². The molecule has 0 aromatic carbocycles. The Bertz CT molecular complexity index is 339. The second kappa shape index (κ2) is 4.73. The van der Waals surface area contributed by atoms with E-state index in [-0.39, 0.29) is 5.91 Å². The molecular formula is C13H19NO2. The standard InChI is InChI=1S/C13H19NO2/c1-10(2)7-8-14(11-5-6-11)13(15)12-4-3-9-16-12/h3-4,9-11H,5-8H2,1-2H3. The van der Waals surface area contributed by atoms with E-state index in [1.165, 1.54) is 0 Å². The molecule has 2 rings (SSSR count). The summed E-state index contributed by atoms with van der Waals surface area (Å²) in [7, 11) is 0. The third-order valence-electron chi connectivity index (χ3n) is 2.93. The molecule has 1 aliphatic rings. The molecule has 1 heterocycles. The number of hydrogen-bond acceptors (Lipinski definition) is 2. The molecule has 1 aromatic heterocycles. The van der Waals surface area contributed by atoms with Crippen LogP contribution in [0.1, 0.15) is 43.7 Å². The number of rotatable bonds is 5. The van der Waals surface area contributed by atoms with E-state index >= 15 is 0 Å². The maximum atomic E-state index is 12.1. The minimum Gasteiger partial charge on any atom is -0.459 e. The molecule has 0 N–H and O–H groups in total. The van der Waals surface area contributed by atoms with Crippen molar-refractivity contribution in [1.29, 1.82) is 0 Å². The van der Waals surface area contributed by atoms with Gasteiger partial charge in [0.2, 0.25) is 0 Å². The number of furan rings is 1. The predicted molar refractivity (Wildman–Crippen MR) is 62.2 cm³/mol. The fourth-order valence-corrected chi connectivity index (χ4v) is 1.78. The van der Waals surface area contributed by atoms with Gasteiger partial charge in [0.15, 0.2) is 5.76 Å². The summed E-state index contributed by atoms with van der Waals surface area (Å²) in [5.74, 6) is 1.15. The average Bonchev–Trinajstić information content (AvgIpc) is 2.93. The van der Waals surface area contributed by atoms with Crippen LogP contribution in [-0.4, -0.2) is 23.4 Å². The van der Waals surface area contributed by atoms with E-state index < -0.39 is 0 Å². The van der Waals surface area contributed by atoms with Crippen molar-refractivity contribution in [2.75, 3.05) is 6.54 Å². The van der Waals surface area contributed by atoms with Crippen molar-refractivity contribution < 1.29 is 9.21 Å². The monoisotopic (exact) mass is 221 g/mol. The van der Waals surface area contributed by atoms with E-state index in [1.54, 1.807) is 18.4 Å². The Morgan fingerprint density at radius 3 is 2.81 bits per heavy atom. The van der Waals surface area contributed by atoms with Crippen molar-refractivity contribution in [3.05, 3.63) is 24.2 Å².